The number of ether oxygens (including phenoxy) is 2. The Bertz CT molecular complexity index is 641. The summed E-state index contributed by atoms with van der Waals surface area (Å²) < 4.78 is 12.0. The highest BCUT2D eigenvalue weighted by molar-refractivity contribution is 9.10. The van der Waals surface area contributed by atoms with E-state index in [4.69, 9.17) is 9.47 Å². The van der Waals surface area contributed by atoms with E-state index < -0.39 is 0 Å². The molecule has 0 radical (unpaired) electrons. The summed E-state index contributed by atoms with van der Waals surface area (Å²) in [6.45, 7) is 4.84. The molecule has 4 nitrogen and oxygen atoms in total. The van der Waals surface area contributed by atoms with E-state index in [1.165, 1.54) is 0 Å². The summed E-state index contributed by atoms with van der Waals surface area (Å²) in [5.41, 5.74) is 1.21. The standard InChI is InChI=1S/C17H18BrNO3/c1-3-21-14-9-10-15(16(11-14)22-4-2)17(20)19-13-7-5-12(18)6-8-13/h5-11H,3-4H2,1-2H3,(H,19,20). The molecular weight excluding hydrogens is 346 g/mol. The van der Waals surface area contributed by atoms with Crippen LogP contribution in [0.4, 0.5) is 5.69 Å². The van der Waals surface area contributed by atoms with E-state index in [-0.39, 0.29) is 5.91 Å². The Hall–Kier alpha value is -2.01. The molecule has 0 bridgehead atoms. The zero-order valence-electron chi connectivity index (χ0n) is 12.6. The van der Waals surface area contributed by atoms with Crippen LogP contribution in [0.2, 0.25) is 0 Å². The molecule has 0 fully saturated rings. The van der Waals surface area contributed by atoms with Gasteiger partial charge in [0.15, 0.2) is 0 Å². The Balaban J connectivity index is 2.22. The first-order valence-electron chi connectivity index (χ1n) is 7.10. The largest absolute Gasteiger partial charge is 0.494 e. The van der Waals surface area contributed by atoms with Gasteiger partial charge in [0.05, 0.1) is 18.8 Å². The summed E-state index contributed by atoms with van der Waals surface area (Å²) in [5.74, 6) is 0.989. The molecule has 0 aromatic heterocycles. The van der Waals surface area contributed by atoms with E-state index >= 15 is 0 Å². The van der Waals surface area contributed by atoms with Crippen LogP contribution in [0.5, 0.6) is 11.5 Å². The number of amides is 1. The minimum Gasteiger partial charge on any atom is -0.494 e. The smallest absolute Gasteiger partial charge is 0.259 e. The molecule has 5 heteroatoms. The molecule has 2 aromatic carbocycles. The van der Waals surface area contributed by atoms with Gasteiger partial charge in [0.25, 0.3) is 5.91 Å². The third kappa shape index (κ3) is 4.24. The second-order valence-electron chi connectivity index (χ2n) is 4.49. The summed E-state index contributed by atoms with van der Waals surface area (Å²) in [6.07, 6.45) is 0. The Labute approximate surface area is 138 Å². The quantitative estimate of drug-likeness (QED) is 0.821. The molecule has 22 heavy (non-hydrogen) atoms. The number of anilines is 1. The van der Waals surface area contributed by atoms with Gasteiger partial charge < -0.3 is 14.8 Å². The predicted octanol–water partition coefficient (Wildman–Crippen LogP) is 4.50. The van der Waals surface area contributed by atoms with Crippen LogP contribution in [0.1, 0.15) is 24.2 Å². The van der Waals surface area contributed by atoms with Crippen molar-refractivity contribution in [1.29, 1.82) is 0 Å². The average molecular weight is 364 g/mol. The zero-order valence-corrected chi connectivity index (χ0v) is 14.1. The number of halogens is 1. The number of carbonyl (C=O) groups is 1. The minimum absolute atomic E-state index is 0.214. The van der Waals surface area contributed by atoms with Gasteiger partial charge in [-0.3, -0.25) is 4.79 Å². The normalized spacial score (nSPS) is 10.1. The number of carbonyl (C=O) groups excluding carboxylic acids is 1. The van der Waals surface area contributed by atoms with Gasteiger partial charge in [0.2, 0.25) is 0 Å². The molecule has 0 saturated carbocycles. The number of nitrogens with one attached hydrogen (secondary N) is 1. The van der Waals surface area contributed by atoms with Gasteiger partial charge in [-0.2, -0.15) is 0 Å². The van der Waals surface area contributed by atoms with E-state index in [2.05, 4.69) is 21.2 Å². The first-order valence-corrected chi connectivity index (χ1v) is 7.90. The van der Waals surface area contributed by atoms with Crippen LogP contribution in [0.15, 0.2) is 46.9 Å². The van der Waals surface area contributed by atoms with Crippen molar-refractivity contribution in [2.75, 3.05) is 18.5 Å². The Morgan fingerprint density at radius 1 is 1.05 bits per heavy atom. The van der Waals surface area contributed by atoms with E-state index in [0.29, 0.717) is 30.3 Å². The molecule has 1 amide bonds. The highest BCUT2D eigenvalue weighted by Gasteiger charge is 2.14. The highest BCUT2D eigenvalue weighted by atomic mass is 79.9. The monoisotopic (exact) mass is 363 g/mol. The Morgan fingerprint density at radius 3 is 2.36 bits per heavy atom. The fourth-order valence-electron chi connectivity index (χ4n) is 1.95. The molecule has 1 N–H and O–H groups in total. The van der Waals surface area contributed by atoms with Crippen molar-refractivity contribution >= 4 is 27.5 Å². The van der Waals surface area contributed by atoms with E-state index in [9.17, 15) is 4.79 Å². The average Bonchev–Trinajstić information content (AvgIpc) is 2.50. The van der Waals surface area contributed by atoms with Crippen LogP contribution in [0, 0.1) is 0 Å². The molecule has 116 valence electrons. The van der Waals surface area contributed by atoms with Crippen molar-refractivity contribution in [2.24, 2.45) is 0 Å². The van der Waals surface area contributed by atoms with Crippen LogP contribution in [-0.4, -0.2) is 19.1 Å². The van der Waals surface area contributed by atoms with Crippen LogP contribution in [-0.2, 0) is 0 Å². The fraction of sp³-hybridized carbons (Fsp3) is 0.235. The van der Waals surface area contributed by atoms with Gasteiger partial charge in [-0.15, -0.1) is 0 Å². The van der Waals surface area contributed by atoms with Crippen molar-refractivity contribution < 1.29 is 14.3 Å². The molecule has 0 saturated heterocycles. The Morgan fingerprint density at radius 2 is 1.73 bits per heavy atom. The lowest BCUT2D eigenvalue weighted by Crippen LogP contribution is -2.13. The van der Waals surface area contributed by atoms with Gasteiger partial charge in [0, 0.05) is 16.2 Å². The molecule has 0 heterocycles. The summed E-state index contributed by atoms with van der Waals surface area (Å²) in [5, 5.41) is 2.86. The molecular formula is C17H18BrNO3. The minimum atomic E-state index is -0.214. The second kappa shape index (κ2) is 7.84. The summed E-state index contributed by atoms with van der Waals surface area (Å²) in [6, 6.07) is 12.6. The van der Waals surface area contributed by atoms with Crippen molar-refractivity contribution in [1.82, 2.24) is 0 Å². The van der Waals surface area contributed by atoms with Crippen LogP contribution < -0.4 is 14.8 Å². The zero-order chi connectivity index (χ0) is 15.9. The molecule has 0 aliphatic heterocycles. The summed E-state index contributed by atoms with van der Waals surface area (Å²) >= 11 is 3.36. The molecule has 0 spiro atoms. The van der Waals surface area contributed by atoms with Crippen molar-refractivity contribution in [3.05, 3.63) is 52.5 Å². The highest BCUT2D eigenvalue weighted by Crippen LogP contribution is 2.26. The van der Waals surface area contributed by atoms with Gasteiger partial charge in [-0.1, -0.05) is 15.9 Å². The maximum atomic E-state index is 12.4. The third-order valence-electron chi connectivity index (χ3n) is 2.91. The lowest BCUT2D eigenvalue weighted by atomic mass is 10.1. The van der Waals surface area contributed by atoms with Crippen molar-refractivity contribution in [3.63, 3.8) is 0 Å². The number of hydrogen-bond acceptors (Lipinski definition) is 3. The number of hydrogen-bond donors (Lipinski definition) is 1. The number of benzene rings is 2. The molecule has 0 aliphatic carbocycles. The molecule has 0 aliphatic rings. The topological polar surface area (TPSA) is 47.6 Å². The van der Waals surface area contributed by atoms with Crippen LogP contribution in [0.3, 0.4) is 0 Å². The van der Waals surface area contributed by atoms with E-state index in [1.54, 1.807) is 18.2 Å². The lowest BCUT2D eigenvalue weighted by Gasteiger charge is -2.12. The summed E-state index contributed by atoms with van der Waals surface area (Å²) in [7, 11) is 0. The maximum Gasteiger partial charge on any atom is 0.259 e. The molecule has 2 rings (SSSR count). The second-order valence-corrected chi connectivity index (χ2v) is 5.40. The maximum absolute atomic E-state index is 12.4. The predicted molar refractivity (Wildman–Crippen MR) is 90.9 cm³/mol. The lowest BCUT2D eigenvalue weighted by molar-refractivity contribution is 0.102. The van der Waals surface area contributed by atoms with E-state index in [1.807, 2.05) is 38.1 Å². The third-order valence-corrected chi connectivity index (χ3v) is 3.44. The van der Waals surface area contributed by atoms with Gasteiger partial charge in [-0.25, -0.2) is 0 Å². The first-order chi connectivity index (χ1) is 10.6. The van der Waals surface area contributed by atoms with Crippen molar-refractivity contribution in [3.8, 4) is 11.5 Å². The SMILES string of the molecule is CCOc1ccc(C(=O)Nc2ccc(Br)cc2)c(OCC)c1. The summed E-state index contributed by atoms with van der Waals surface area (Å²) in [4.78, 5) is 12.4. The molecule has 0 atom stereocenters. The molecule has 0 unspecified atom stereocenters. The van der Waals surface area contributed by atoms with Crippen LogP contribution >= 0.6 is 15.9 Å². The van der Waals surface area contributed by atoms with Crippen molar-refractivity contribution in [2.45, 2.75) is 13.8 Å². The van der Waals surface area contributed by atoms with Gasteiger partial charge in [0.1, 0.15) is 11.5 Å². The fourth-order valence-corrected chi connectivity index (χ4v) is 2.22. The van der Waals surface area contributed by atoms with E-state index in [0.717, 1.165) is 10.2 Å². The van der Waals surface area contributed by atoms with Gasteiger partial charge >= 0.3 is 0 Å². The van der Waals surface area contributed by atoms with Crippen LogP contribution in [0.25, 0.3) is 0 Å². The molecule has 2 aromatic rings. The first kappa shape index (κ1) is 16.4. The Kier molecular flexibility index (Phi) is 5.83. The van der Waals surface area contributed by atoms with Gasteiger partial charge in [-0.05, 0) is 50.2 Å². The number of rotatable bonds is 6.